The third-order valence-electron chi connectivity index (χ3n) is 3.42. The number of carbonyl (C=O) groups is 1. The molecule has 0 radical (unpaired) electrons. The predicted octanol–water partition coefficient (Wildman–Crippen LogP) is 4.66. The Morgan fingerprint density at radius 2 is 1.88 bits per heavy atom. The van der Waals surface area contributed by atoms with Gasteiger partial charge in [0.1, 0.15) is 21.9 Å². The third kappa shape index (κ3) is 2.80. The molecule has 124 valence electrons. The van der Waals surface area contributed by atoms with Crippen molar-refractivity contribution in [1.29, 1.82) is 0 Å². The summed E-state index contributed by atoms with van der Waals surface area (Å²) in [5, 5.41) is 0.618. The molecular weight excluding hydrogens is 339 g/mol. The molecule has 0 bridgehead atoms. The van der Waals surface area contributed by atoms with Crippen LogP contribution in [-0.2, 0) is 6.18 Å². The molecule has 1 atom stereocenters. The zero-order valence-electron chi connectivity index (χ0n) is 12.5. The molecule has 0 aliphatic heterocycles. The maximum Gasteiger partial charge on any atom is 0.416 e. The minimum absolute atomic E-state index is 0.0897. The molecule has 0 fully saturated rings. The number of primary amides is 1. The first-order chi connectivity index (χ1) is 11.3. The second-order valence-electron chi connectivity index (χ2n) is 5.06. The fourth-order valence-corrected chi connectivity index (χ4v) is 4.43. The van der Waals surface area contributed by atoms with Gasteiger partial charge in [-0.2, -0.15) is 18.2 Å². The van der Waals surface area contributed by atoms with Gasteiger partial charge in [0, 0.05) is 13.0 Å². The lowest BCUT2D eigenvalue weighted by molar-refractivity contribution is -0.137. The van der Waals surface area contributed by atoms with E-state index in [1.54, 1.807) is 31.2 Å². The van der Waals surface area contributed by atoms with Crippen LogP contribution in [-0.4, -0.2) is 11.0 Å². The molecule has 0 spiro atoms. The monoisotopic (exact) mass is 352 g/mol. The number of nitrogens with two attached hydrogens (primary N) is 1. The van der Waals surface area contributed by atoms with Crippen LogP contribution in [0.3, 0.4) is 0 Å². The third-order valence-corrected chi connectivity index (χ3v) is 5.59. The number of carbonyl (C=O) groups excluding carboxylic acids is 1. The SMILES string of the molecule is Cc1nc2ccccc2[s+]1N(C(N)=O)c1cccc(C(F)(F)F)c1. The number of nitrogens with zero attached hydrogens (tertiary/aromatic N) is 2. The van der Waals surface area contributed by atoms with E-state index in [-0.39, 0.29) is 5.69 Å². The van der Waals surface area contributed by atoms with Crippen LogP contribution < -0.4 is 10.0 Å². The quantitative estimate of drug-likeness (QED) is 0.682. The molecule has 24 heavy (non-hydrogen) atoms. The zero-order valence-corrected chi connectivity index (χ0v) is 13.4. The molecule has 8 heteroatoms. The van der Waals surface area contributed by atoms with Crippen molar-refractivity contribution in [1.82, 2.24) is 4.98 Å². The van der Waals surface area contributed by atoms with Crippen molar-refractivity contribution >= 4 is 32.6 Å². The molecule has 3 aromatic rings. The molecule has 1 heterocycles. The van der Waals surface area contributed by atoms with Crippen LogP contribution in [0.2, 0.25) is 0 Å². The highest BCUT2D eigenvalue weighted by Gasteiger charge is 2.35. The van der Waals surface area contributed by atoms with Crippen LogP contribution >= 0.6 is 10.7 Å². The Hall–Kier alpha value is -2.61. The van der Waals surface area contributed by atoms with E-state index in [4.69, 9.17) is 5.73 Å². The Morgan fingerprint density at radius 1 is 1.17 bits per heavy atom. The lowest BCUT2D eigenvalue weighted by atomic mass is 10.2. The van der Waals surface area contributed by atoms with Crippen LogP contribution in [0.5, 0.6) is 0 Å². The van der Waals surface area contributed by atoms with E-state index in [2.05, 4.69) is 4.98 Å². The largest absolute Gasteiger partial charge is 0.416 e. The molecule has 0 aliphatic carbocycles. The van der Waals surface area contributed by atoms with E-state index in [0.717, 1.165) is 16.8 Å². The summed E-state index contributed by atoms with van der Waals surface area (Å²) in [5.74, 6) is 0. The van der Waals surface area contributed by atoms with E-state index in [1.165, 1.54) is 16.4 Å². The summed E-state index contributed by atoms with van der Waals surface area (Å²) in [6.07, 6.45) is -4.50. The lowest BCUT2D eigenvalue weighted by Gasteiger charge is -2.14. The van der Waals surface area contributed by atoms with Gasteiger partial charge in [-0.3, -0.25) is 0 Å². The highest BCUT2D eigenvalue weighted by Crippen LogP contribution is 2.41. The average Bonchev–Trinajstić information content (AvgIpc) is 2.83. The molecule has 1 aromatic heterocycles. The van der Waals surface area contributed by atoms with E-state index < -0.39 is 28.4 Å². The molecule has 1 unspecified atom stereocenters. The van der Waals surface area contributed by atoms with E-state index >= 15 is 0 Å². The zero-order chi connectivity index (χ0) is 17.5. The smallest absolute Gasteiger partial charge is 0.348 e. The van der Waals surface area contributed by atoms with Gasteiger partial charge in [0.2, 0.25) is 4.70 Å². The first-order valence-electron chi connectivity index (χ1n) is 6.94. The average molecular weight is 352 g/mol. The number of thiazole rings is 1. The van der Waals surface area contributed by atoms with Gasteiger partial charge in [0.15, 0.2) is 0 Å². The number of anilines is 1. The molecule has 0 saturated heterocycles. The number of hydrogen-bond donors (Lipinski definition) is 1. The Balaban J connectivity index is 2.21. The second kappa shape index (κ2) is 5.79. The fourth-order valence-electron chi connectivity index (χ4n) is 2.45. The Labute approximate surface area is 138 Å². The van der Waals surface area contributed by atoms with Gasteiger partial charge >= 0.3 is 12.2 Å². The van der Waals surface area contributed by atoms with Crippen LogP contribution in [0.15, 0.2) is 48.5 Å². The van der Waals surface area contributed by atoms with Crippen molar-refractivity contribution in [3.8, 4) is 0 Å². The first kappa shape index (κ1) is 16.3. The van der Waals surface area contributed by atoms with Crippen molar-refractivity contribution in [2.45, 2.75) is 13.1 Å². The molecule has 0 saturated carbocycles. The Kier molecular flexibility index (Phi) is 3.92. The molecule has 2 N–H and O–H groups in total. The van der Waals surface area contributed by atoms with Crippen LogP contribution in [0, 0.1) is 6.92 Å². The van der Waals surface area contributed by atoms with Crippen molar-refractivity contribution in [2.75, 3.05) is 4.31 Å². The van der Waals surface area contributed by atoms with Crippen molar-refractivity contribution in [2.24, 2.45) is 5.73 Å². The standard InChI is InChI=1S/C16H12F3N3OS/c1-10-21-13-7-2-3-8-14(13)24(10)22(15(20)23)12-6-4-5-11(9-12)16(17,18)19/h2-9H,1H3,(H-,20,23)/p+1. The fraction of sp³-hybridized carbons (Fsp3) is 0.125. The molecule has 3 rings (SSSR count). The molecule has 2 amide bonds. The van der Waals surface area contributed by atoms with Gasteiger partial charge in [0.05, 0.1) is 5.56 Å². The number of aromatic nitrogens is 1. The van der Waals surface area contributed by atoms with Crippen molar-refractivity contribution in [3.05, 3.63) is 59.1 Å². The lowest BCUT2D eigenvalue weighted by Crippen LogP contribution is -2.30. The van der Waals surface area contributed by atoms with Gasteiger partial charge < -0.3 is 5.73 Å². The summed E-state index contributed by atoms with van der Waals surface area (Å²) in [7, 11) is -0.959. The topological polar surface area (TPSA) is 59.2 Å². The Bertz CT molecular complexity index is 920. The predicted molar refractivity (Wildman–Crippen MR) is 87.9 cm³/mol. The molecule has 2 aromatic carbocycles. The minimum atomic E-state index is -4.50. The van der Waals surface area contributed by atoms with Gasteiger partial charge in [-0.25, -0.2) is 4.79 Å². The van der Waals surface area contributed by atoms with Crippen LogP contribution in [0.1, 0.15) is 10.6 Å². The van der Waals surface area contributed by atoms with Gasteiger partial charge in [-0.15, -0.1) is 0 Å². The maximum atomic E-state index is 13.0. The summed E-state index contributed by atoms with van der Waals surface area (Å²) >= 11 is 0. The number of fused-ring (bicyclic) bond motifs is 1. The number of urea groups is 1. The number of hydrogen-bond acceptors (Lipinski definition) is 2. The van der Waals surface area contributed by atoms with Crippen LogP contribution in [0.25, 0.3) is 10.2 Å². The summed E-state index contributed by atoms with van der Waals surface area (Å²) in [6.45, 7) is 1.73. The molecular formula is C16H13F3N3OS+. The van der Waals surface area contributed by atoms with E-state index in [9.17, 15) is 18.0 Å². The first-order valence-corrected chi connectivity index (χ1v) is 8.13. The van der Waals surface area contributed by atoms with Crippen LogP contribution in [0.4, 0.5) is 23.7 Å². The summed E-state index contributed by atoms with van der Waals surface area (Å²) in [6, 6.07) is 10.9. The highest BCUT2D eigenvalue weighted by atomic mass is 32.2. The number of benzene rings is 2. The van der Waals surface area contributed by atoms with Crippen molar-refractivity contribution in [3.63, 3.8) is 0 Å². The molecule has 0 aliphatic rings. The van der Waals surface area contributed by atoms with Gasteiger partial charge in [-0.05, 0) is 24.3 Å². The number of aryl methyl sites for hydroxylation is 1. The highest BCUT2D eigenvalue weighted by molar-refractivity contribution is 7.40. The maximum absolute atomic E-state index is 13.0. The number of rotatable bonds is 2. The summed E-state index contributed by atoms with van der Waals surface area (Å²) in [4.78, 5) is 16.4. The normalized spacial score (nSPS) is 12.4. The summed E-state index contributed by atoms with van der Waals surface area (Å²) < 4.78 is 40.8. The minimum Gasteiger partial charge on any atom is -0.348 e. The van der Waals surface area contributed by atoms with Gasteiger partial charge in [-0.1, -0.05) is 22.5 Å². The molecule has 4 nitrogen and oxygen atoms in total. The number of para-hydroxylation sites is 1. The van der Waals surface area contributed by atoms with E-state index in [0.29, 0.717) is 10.5 Å². The second-order valence-corrected chi connectivity index (χ2v) is 7.03. The summed E-state index contributed by atoms with van der Waals surface area (Å²) in [5.41, 5.74) is 5.43. The van der Waals surface area contributed by atoms with E-state index in [1.807, 2.05) is 0 Å². The van der Waals surface area contributed by atoms with Crippen molar-refractivity contribution < 1.29 is 18.0 Å². The number of halogens is 3. The number of alkyl halides is 3. The number of amides is 2. The Morgan fingerprint density at radius 3 is 2.54 bits per heavy atom. The van der Waals surface area contributed by atoms with Gasteiger partial charge in [0.25, 0.3) is 5.01 Å².